The van der Waals surface area contributed by atoms with Gasteiger partial charge in [-0.2, -0.15) is 8.42 Å². The van der Waals surface area contributed by atoms with Crippen molar-refractivity contribution in [2.24, 2.45) is 5.41 Å². The van der Waals surface area contributed by atoms with Gasteiger partial charge in [-0.1, -0.05) is 20.4 Å². The fourth-order valence-corrected chi connectivity index (χ4v) is 1.86. The summed E-state index contributed by atoms with van der Waals surface area (Å²) < 4.78 is 29.4. The van der Waals surface area contributed by atoms with E-state index in [4.69, 9.17) is 4.55 Å². The van der Waals surface area contributed by atoms with E-state index in [0.717, 1.165) is 6.08 Å². The third-order valence-corrected chi connectivity index (χ3v) is 2.48. The maximum atomic E-state index is 11.0. The zero-order chi connectivity index (χ0) is 9.99. The van der Waals surface area contributed by atoms with Crippen LogP contribution >= 0.6 is 0 Å². The van der Waals surface area contributed by atoms with Crippen molar-refractivity contribution in [1.29, 1.82) is 0 Å². The predicted molar refractivity (Wildman–Crippen MR) is 51.2 cm³/mol. The predicted octanol–water partition coefficient (Wildman–Crippen LogP) is 0.275. The Hall–Kier alpha value is 0.320. The van der Waals surface area contributed by atoms with Crippen molar-refractivity contribution in [2.45, 2.75) is 13.8 Å². The van der Waals surface area contributed by atoms with Crippen LogP contribution in [0, 0.1) is 5.41 Å². The summed E-state index contributed by atoms with van der Waals surface area (Å²) in [5.74, 6) is -0.981. The molecule has 6 heteroatoms. The van der Waals surface area contributed by atoms with Crippen LogP contribution in [-0.2, 0) is 14.9 Å². The van der Waals surface area contributed by atoms with Gasteiger partial charge >= 0.3 is 0 Å². The van der Waals surface area contributed by atoms with Crippen LogP contribution in [0.5, 0.6) is 0 Å². The zero-order valence-corrected chi connectivity index (χ0v) is 10.9. The second kappa shape index (κ2) is 5.26. The van der Waals surface area contributed by atoms with Crippen molar-refractivity contribution in [2.75, 3.05) is 5.75 Å². The first kappa shape index (κ1) is 15.8. The number of rotatable bonds is 4. The molecule has 1 N–H and O–H groups in total. The summed E-state index contributed by atoms with van der Waals surface area (Å²) in [4.78, 5) is 11.0. The minimum absolute atomic E-state index is 0. The van der Waals surface area contributed by atoms with Crippen LogP contribution in [0.15, 0.2) is 12.7 Å². The van der Waals surface area contributed by atoms with Crippen LogP contribution < -0.4 is 0 Å². The third kappa shape index (κ3) is 6.40. The second-order valence-electron chi connectivity index (χ2n) is 3.18. The molecule has 0 amide bonds. The minimum atomic E-state index is -4.11. The number of carbonyl (C=O) groups is 1. The Bertz CT molecular complexity index is 292. The molecular formula is C7H12NaO4S. The van der Waals surface area contributed by atoms with Crippen LogP contribution in [-0.4, -0.2) is 54.1 Å². The van der Waals surface area contributed by atoms with Crippen LogP contribution in [0.1, 0.15) is 13.8 Å². The van der Waals surface area contributed by atoms with Crippen LogP contribution in [0.25, 0.3) is 0 Å². The number of allylic oxidation sites excluding steroid dienone is 1. The van der Waals surface area contributed by atoms with Gasteiger partial charge in [-0.05, 0) is 6.08 Å². The first-order valence-corrected chi connectivity index (χ1v) is 4.92. The normalized spacial score (nSPS) is 11.6. The molecule has 13 heavy (non-hydrogen) atoms. The molecule has 71 valence electrons. The van der Waals surface area contributed by atoms with E-state index in [9.17, 15) is 13.2 Å². The van der Waals surface area contributed by atoms with Gasteiger partial charge in [-0.25, -0.2) is 0 Å². The first-order chi connectivity index (χ1) is 5.19. The van der Waals surface area contributed by atoms with E-state index in [1.807, 2.05) is 0 Å². The Morgan fingerprint density at radius 3 is 2.15 bits per heavy atom. The summed E-state index contributed by atoms with van der Waals surface area (Å²) in [6.07, 6.45) is 1.05. The van der Waals surface area contributed by atoms with Gasteiger partial charge in [0.05, 0.1) is 5.75 Å². The Labute approximate surface area is 100 Å². The summed E-state index contributed by atoms with van der Waals surface area (Å²) in [7, 11) is -4.11. The average molecular weight is 215 g/mol. The second-order valence-corrected chi connectivity index (χ2v) is 4.63. The van der Waals surface area contributed by atoms with E-state index < -0.39 is 27.1 Å². The van der Waals surface area contributed by atoms with E-state index in [2.05, 4.69) is 6.58 Å². The van der Waals surface area contributed by atoms with Gasteiger partial charge in [0.2, 0.25) is 0 Å². The number of hydrogen-bond acceptors (Lipinski definition) is 3. The quantitative estimate of drug-likeness (QED) is 0.415. The smallest absolute Gasteiger partial charge is 0.265 e. The molecule has 0 saturated carbocycles. The third-order valence-electron chi connectivity index (χ3n) is 1.40. The molecule has 0 unspecified atom stereocenters. The van der Waals surface area contributed by atoms with Gasteiger partial charge < -0.3 is 0 Å². The molecule has 0 heterocycles. The van der Waals surface area contributed by atoms with Crippen molar-refractivity contribution >= 4 is 45.5 Å². The minimum Gasteiger partial charge on any atom is -0.294 e. The fraction of sp³-hybridized carbons (Fsp3) is 0.571. The van der Waals surface area contributed by atoms with E-state index in [0.29, 0.717) is 0 Å². The Morgan fingerprint density at radius 2 is 1.92 bits per heavy atom. The maximum Gasteiger partial charge on any atom is 0.265 e. The van der Waals surface area contributed by atoms with Gasteiger partial charge in [-0.3, -0.25) is 9.35 Å². The Kier molecular flexibility index (Phi) is 6.39. The molecule has 0 aliphatic rings. The van der Waals surface area contributed by atoms with Crippen molar-refractivity contribution in [3.63, 3.8) is 0 Å². The molecule has 0 atom stereocenters. The monoisotopic (exact) mass is 215 g/mol. The summed E-state index contributed by atoms with van der Waals surface area (Å²) in [6, 6.07) is 0. The first-order valence-electron chi connectivity index (χ1n) is 3.31. The van der Waals surface area contributed by atoms with Crippen LogP contribution in [0.3, 0.4) is 0 Å². The fourth-order valence-electron chi connectivity index (χ4n) is 0.803. The molecule has 4 nitrogen and oxygen atoms in total. The molecule has 0 aromatic carbocycles. The van der Waals surface area contributed by atoms with Crippen LogP contribution in [0.2, 0.25) is 0 Å². The summed E-state index contributed by atoms with van der Waals surface area (Å²) in [6.45, 7) is 6.10. The topological polar surface area (TPSA) is 71.4 Å². The number of carbonyl (C=O) groups excluding carboxylic acids is 1. The van der Waals surface area contributed by atoms with E-state index in [-0.39, 0.29) is 29.6 Å². The largest absolute Gasteiger partial charge is 0.294 e. The molecule has 0 saturated heterocycles. The molecule has 0 rings (SSSR count). The number of ketones is 1. The molecule has 0 aliphatic carbocycles. The Morgan fingerprint density at radius 1 is 1.54 bits per heavy atom. The molecule has 0 aromatic rings. The average Bonchev–Trinajstić information content (AvgIpc) is 1.80. The van der Waals surface area contributed by atoms with Gasteiger partial charge in [0, 0.05) is 35.0 Å². The van der Waals surface area contributed by atoms with E-state index >= 15 is 0 Å². The Balaban J connectivity index is 0. The van der Waals surface area contributed by atoms with E-state index in [1.54, 1.807) is 0 Å². The molecule has 0 bridgehead atoms. The summed E-state index contributed by atoms with van der Waals surface area (Å²) in [5, 5.41) is 0. The van der Waals surface area contributed by atoms with Crippen LogP contribution in [0.4, 0.5) is 0 Å². The number of hydrogen-bond donors (Lipinski definition) is 1. The van der Waals surface area contributed by atoms with E-state index in [1.165, 1.54) is 13.8 Å². The van der Waals surface area contributed by atoms with Crippen molar-refractivity contribution < 1.29 is 17.8 Å². The molecular weight excluding hydrogens is 203 g/mol. The van der Waals surface area contributed by atoms with Crippen molar-refractivity contribution in [3.05, 3.63) is 12.7 Å². The van der Waals surface area contributed by atoms with Gasteiger partial charge in [0.15, 0.2) is 5.78 Å². The molecule has 0 spiro atoms. The molecule has 0 aliphatic heterocycles. The van der Waals surface area contributed by atoms with Gasteiger partial charge in [-0.15, -0.1) is 0 Å². The molecule has 0 fully saturated rings. The van der Waals surface area contributed by atoms with Crippen molar-refractivity contribution in [3.8, 4) is 0 Å². The van der Waals surface area contributed by atoms with Gasteiger partial charge in [0.25, 0.3) is 10.1 Å². The SMILES string of the molecule is C=CC(=O)C(C)(C)CS(=O)(=O)O.[Na]. The molecule has 1 radical (unpaired) electrons. The summed E-state index contributed by atoms with van der Waals surface area (Å²) >= 11 is 0. The molecule has 0 aromatic heterocycles. The maximum absolute atomic E-state index is 11.0. The standard InChI is InChI=1S/C7H12O4S.Na/c1-4-6(8)7(2,3)5-12(9,10)11;/h4H,1,5H2,2-3H3,(H,9,10,11);. The van der Waals surface area contributed by atoms with Gasteiger partial charge in [0.1, 0.15) is 0 Å². The van der Waals surface area contributed by atoms with Crippen molar-refractivity contribution in [1.82, 2.24) is 0 Å². The zero-order valence-electron chi connectivity index (χ0n) is 8.07. The summed E-state index contributed by atoms with van der Waals surface area (Å²) in [5.41, 5.74) is -1.10.